The molecule has 0 unspecified atom stereocenters. The summed E-state index contributed by atoms with van der Waals surface area (Å²) >= 11 is 5.22. The molecular formula is C11H8BrNS. The minimum absolute atomic E-state index is 0.779. The van der Waals surface area contributed by atoms with Gasteiger partial charge in [0.05, 0.1) is 11.6 Å². The number of halogens is 1. The second-order valence-electron chi connectivity index (χ2n) is 3.06. The summed E-state index contributed by atoms with van der Waals surface area (Å²) < 4.78 is 1.20. The van der Waals surface area contributed by atoms with Crippen molar-refractivity contribution in [3.05, 3.63) is 34.2 Å². The smallest absolute Gasteiger partial charge is 0.0998 e. The van der Waals surface area contributed by atoms with Crippen molar-refractivity contribution in [1.82, 2.24) is 0 Å². The van der Waals surface area contributed by atoms with E-state index in [1.165, 1.54) is 15.1 Å². The standard InChI is InChI=1S/C11H8BrNS/c1-7-9(5-12)11-8(6-13)3-2-4-10(11)14-7/h2-4H,5H2,1H3. The van der Waals surface area contributed by atoms with E-state index in [1.54, 1.807) is 11.3 Å². The van der Waals surface area contributed by atoms with Gasteiger partial charge in [-0.2, -0.15) is 5.26 Å². The van der Waals surface area contributed by atoms with Crippen LogP contribution in [0.3, 0.4) is 0 Å². The van der Waals surface area contributed by atoms with Gasteiger partial charge in [-0.1, -0.05) is 22.0 Å². The number of nitrogens with zero attached hydrogens (tertiary/aromatic N) is 1. The maximum Gasteiger partial charge on any atom is 0.0998 e. The van der Waals surface area contributed by atoms with Crippen LogP contribution in [0, 0.1) is 18.3 Å². The van der Waals surface area contributed by atoms with E-state index < -0.39 is 0 Å². The van der Waals surface area contributed by atoms with Crippen LogP contribution in [0.15, 0.2) is 18.2 Å². The summed E-state index contributed by atoms with van der Waals surface area (Å²) in [5, 5.41) is 10.9. The van der Waals surface area contributed by atoms with Gasteiger partial charge in [-0.05, 0) is 24.6 Å². The first-order valence-corrected chi connectivity index (χ1v) is 6.18. The van der Waals surface area contributed by atoms with Gasteiger partial charge in [0.1, 0.15) is 0 Å². The quantitative estimate of drug-likeness (QED) is 0.716. The van der Waals surface area contributed by atoms with Gasteiger partial charge in [-0.25, -0.2) is 0 Å². The second-order valence-corrected chi connectivity index (χ2v) is 4.88. The van der Waals surface area contributed by atoms with Crippen molar-refractivity contribution in [1.29, 1.82) is 5.26 Å². The van der Waals surface area contributed by atoms with E-state index >= 15 is 0 Å². The largest absolute Gasteiger partial charge is 0.192 e. The highest BCUT2D eigenvalue weighted by Crippen LogP contribution is 2.34. The molecule has 1 nitrogen and oxygen atoms in total. The third kappa shape index (κ3) is 1.35. The Morgan fingerprint density at radius 2 is 2.29 bits per heavy atom. The monoisotopic (exact) mass is 265 g/mol. The molecule has 0 saturated carbocycles. The molecule has 0 spiro atoms. The lowest BCUT2D eigenvalue weighted by Gasteiger charge is -1.96. The predicted octanol–water partition coefficient (Wildman–Crippen LogP) is 3.98. The molecule has 0 bridgehead atoms. The van der Waals surface area contributed by atoms with E-state index in [-0.39, 0.29) is 0 Å². The molecule has 0 N–H and O–H groups in total. The predicted molar refractivity (Wildman–Crippen MR) is 63.9 cm³/mol. The first-order valence-electron chi connectivity index (χ1n) is 4.25. The van der Waals surface area contributed by atoms with E-state index in [0.29, 0.717) is 0 Å². The summed E-state index contributed by atoms with van der Waals surface area (Å²) in [5.41, 5.74) is 2.03. The Morgan fingerprint density at radius 1 is 1.50 bits per heavy atom. The molecule has 2 aromatic rings. The van der Waals surface area contributed by atoms with Gasteiger partial charge in [0.25, 0.3) is 0 Å². The molecule has 0 aliphatic rings. The van der Waals surface area contributed by atoms with Crippen molar-refractivity contribution in [2.45, 2.75) is 12.3 Å². The fraction of sp³-hybridized carbons (Fsp3) is 0.182. The number of hydrogen-bond donors (Lipinski definition) is 0. The molecule has 0 fully saturated rings. The molecule has 1 heterocycles. The number of fused-ring (bicyclic) bond motifs is 1. The summed E-state index contributed by atoms with van der Waals surface area (Å²) in [5.74, 6) is 0. The minimum atomic E-state index is 0.779. The van der Waals surface area contributed by atoms with Crippen LogP contribution in [0.4, 0.5) is 0 Å². The second kappa shape index (κ2) is 3.72. The van der Waals surface area contributed by atoms with Crippen LogP contribution in [0.25, 0.3) is 10.1 Å². The zero-order valence-corrected chi connectivity index (χ0v) is 10.1. The summed E-state index contributed by atoms with van der Waals surface area (Å²) in [6.07, 6.45) is 0. The number of benzene rings is 1. The fourth-order valence-corrected chi connectivity index (χ4v) is 3.58. The number of rotatable bonds is 1. The molecule has 1 aromatic heterocycles. The molecule has 2 rings (SSSR count). The van der Waals surface area contributed by atoms with Crippen molar-refractivity contribution in [2.24, 2.45) is 0 Å². The average molecular weight is 266 g/mol. The number of alkyl halides is 1. The van der Waals surface area contributed by atoms with E-state index in [2.05, 4.69) is 35.0 Å². The van der Waals surface area contributed by atoms with Crippen LogP contribution in [-0.2, 0) is 5.33 Å². The van der Waals surface area contributed by atoms with Crippen molar-refractivity contribution in [3.8, 4) is 6.07 Å². The van der Waals surface area contributed by atoms with Gasteiger partial charge in [-0.3, -0.25) is 0 Å². The maximum atomic E-state index is 9.00. The highest BCUT2D eigenvalue weighted by molar-refractivity contribution is 9.08. The zero-order chi connectivity index (χ0) is 10.1. The molecule has 70 valence electrons. The van der Waals surface area contributed by atoms with Gasteiger partial charge >= 0.3 is 0 Å². The van der Waals surface area contributed by atoms with Crippen LogP contribution in [0.2, 0.25) is 0 Å². The first kappa shape index (κ1) is 9.70. The van der Waals surface area contributed by atoms with Gasteiger partial charge < -0.3 is 0 Å². The van der Waals surface area contributed by atoms with Crippen molar-refractivity contribution in [2.75, 3.05) is 0 Å². The van der Waals surface area contributed by atoms with E-state index in [0.717, 1.165) is 16.3 Å². The van der Waals surface area contributed by atoms with E-state index in [1.807, 2.05) is 12.1 Å². The molecule has 0 aliphatic carbocycles. The van der Waals surface area contributed by atoms with Crippen molar-refractivity contribution < 1.29 is 0 Å². The third-order valence-corrected chi connectivity index (χ3v) is 3.94. The fourth-order valence-electron chi connectivity index (χ4n) is 1.58. The van der Waals surface area contributed by atoms with Crippen molar-refractivity contribution >= 4 is 37.4 Å². The van der Waals surface area contributed by atoms with Crippen LogP contribution >= 0.6 is 27.3 Å². The van der Waals surface area contributed by atoms with Crippen LogP contribution in [0.1, 0.15) is 16.0 Å². The van der Waals surface area contributed by atoms with Gasteiger partial charge in [-0.15, -0.1) is 11.3 Å². The molecule has 0 amide bonds. The summed E-state index contributed by atoms with van der Waals surface area (Å²) in [6, 6.07) is 8.13. The molecule has 0 aliphatic heterocycles. The molecule has 0 saturated heterocycles. The molecular weight excluding hydrogens is 258 g/mol. The van der Waals surface area contributed by atoms with Gasteiger partial charge in [0.2, 0.25) is 0 Å². The number of hydrogen-bond acceptors (Lipinski definition) is 2. The lowest BCUT2D eigenvalue weighted by molar-refractivity contribution is 1.43. The first-order chi connectivity index (χ1) is 6.77. The molecule has 3 heteroatoms. The Kier molecular flexibility index (Phi) is 2.58. The van der Waals surface area contributed by atoms with Crippen molar-refractivity contribution in [3.63, 3.8) is 0 Å². The molecule has 14 heavy (non-hydrogen) atoms. The van der Waals surface area contributed by atoms with Crippen LogP contribution in [0.5, 0.6) is 0 Å². The lowest BCUT2D eigenvalue weighted by Crippen LogP contribution is -1.81. The number of aryl methyl sites for hydroxylation is 1. The molecule has 0 radical (unpaired) electrons. The van der Waals surface area contributed by atoms with Gasteiger partial charge in [0.15, 0.2) is 0 Å². The maximum absolute atomic E-state index is 9.00. The topological polar surface area (TPSA) is 23.8 Å². The lowest BCUT2D eigenvalue weighted by atomic mass is 10.1. The Hall–Kier alpha value is -0.850. The summed E-state index contributed by atoms with van der Waals surface area (Å²) in [6.45, 7) is 2.10. The Labute approximate surface area is 95.1 Å². The summed E-state index contributed by atoms with van der Waals surface area (Å²) in [7, 11) is 0. The van der Waals surface area contributed by atoms with Crippen LogP contribution < -0.4 is 0 Å². The highest BCUT2D eigenvalue weighted by Gasteiger charge is 2.10. The average Bonchev–Trinajstić information content (AvgIpc) is 2.52. The van der Waals surface area contributed by atoms with Gasteiger partial charge in [0, 0.05) is 20.3 Å². The zero-order valence-electron chi connectivity index (χ0n) is 7.67. The van der Waals surface area contributed by atoms with E-state index in [9.17, 15) is 0 Å². The summed E-state index contributed by atoms with van der Waals surface area (Å²) in [4.78, 5) is 1.29. The normalized spacial score (nSPS) is 10.4. The molecule has 0 atom stereocenters. The Balaban J connectivity index is 2.91. The van der Waals surface area contributed by atoms with Crippen LogP contribution in [-0.4, -0.2) is 0 Å². The Bertz CT molecular complexity index is 522. The number of thiophene rings is 1. The minimum Gasteiger partial charge on any atom is -0.192 e. The Morgan fingerprint density at radius 3 is 2.93 bits per heavy atom. The molecule has 1 aromatic carbocycles. The van der Waals surface area contributed by atoms with E-state index in [4.69, 9.17) is 5.26 Å². The number of nitriles is 1. The highest BCUT2D eigenvalue weighted by atomic mass is 79.9. The third-order valence-electron chi connectivity index (χ3n) is 2.27. The SMILES string of the molecule is Cc1sc2cccc(C#N)c2c1CBr.